The molecule has 0 spiro atoms. The summed E-state index contributed by atoms with van der Waals surface area (Å²) in [5, 5.41) is 10.7. The molecule has 6 heteroatoms. The van der Waals surface area contributed by atoms with Gasteiger partial charge in [0.15, 0.2) is 6.29 Å². The van der Waals surface area contributed by atoms with Crippen LogP contribution in [-0.2, 0) is 0 Å². The van der Waals surface area contributed by atoms with Crippen molar-refractivity contribution in [3.05, 3.63) is 40.0 Å². The molecule has 0 fully saturated rings. The molecule has 0 aromatic carbocycles. The van der Waals surface area contributed by atoms with E-state index in [1.165, 1.54) is 22.9 Å². The minimum absolute atomic E-state index is 0.0947. The lowest BCUT2D eigenvalue weighted by Gasteiger charge is -1.97. The Bertz CT molecular complexity index is 559. The molecule has 0 aliphatic carbocycles. The summed E-state index contributed by atoms with van der Waals surface area (Å²) in [5.41, 5.74) is 1.05. The summed E-state index contributed by atoms with van der Waals surface area (Å²) in [6, 6.07) is 1.25. The Morgan fingerprint density at radius 2 is 2.33 bits per heavy atom. The van der Waals surface area contributed by atoms with Gasteiger partial charge in [0.25, 0.3) is 5.69 Å². The Labute approximate surface area is 84.3 Å². The molecule has 76 valence electrons. The number of carbonyl (C=O) groups is 1. The van der Waals surface area contributed by atoms with Crippen molar-refractivity contribution in [2.45, 2.75) is 6.92 Å². The highest BCUT2D eigenvalue weighted by molar-refractivity contribution is 5.82. The molecule has 15 heavy (non-hydrogen) atoms. The Kier molecular flexibility index (Phi) is 1.96. The third-order valence-electron chi connectivity index (χ3n) is 2.19. The predicted octanol–water partition coefficient (Wildman–Crippen LogP) is 1.36. The smallest absolute Gasteiger partial charge is 0.297 e. The van der Waals surface area contributed by atoms with E-state index in [0.29, 0.717) is 17.5 Å². The molecule has 2 aromatic heterocycles. The highest BCUT2D eigenvalue weighted by Gasteiger charge is 2.19. The van der Waals surface area contributed by atoms with Crippen LogP contribution in [0.2, 0.25) is 0 Å². The van der Waals surface area contributed by atoms with Crippen LogP contribution in [0.3, 0.4) is 0 Å². The zero-order chi connectivity index (χ0) is 11.0. The molecule has 0 aliphatic heterocycles. The van der Waals surface area contributed by atoms with Crippen LogP contribution in [0.4, 0.5) is 5.69 Å². The van der Waals surface area contributed by atoms with Crippen molar-refractivity contribution in [1.82, 2.24) is 9.38 Å². The number of aldehydes is 1. The number of fused-ring (bicyclic) bond motifs is 1. The van der Waals surface area contributed by atoms with Crippen molar-refractivity contribution in [3.63, 3.8) is 0 Å². The molecule has 0 atom stereocenters. The van der Waals surface area contributed by atoms with E-state index in [0.717, 1.165) is 0 Å². The number of aromatic nitrogens is 2. The molecule has 0 N–H and O–H groups in total. The first-order chi connectivity index (χ1) is 7.15. The second-order valence-electron chi connectivity index (χ2n) is 3.06. The zero-order valence-corrected chi connectivity index (χ0v) is 7.88. The zero-order valence-electron chi connectivity index (χ0n) is 7.88. The van der Waals surface area contributed by atoms with E-state index in [1.54, 1.807) is 6.92 Å². The van der Waals surface area contributed by atoms with Crippen molar-refractivity contribution in [2.75, 3.05) is 0 Å². The van der Waals surface area contributed by atoms with Crippen molar-refractivity contribution in [1.29, 1.82) is 0 Å². The molecule has 0 bridgehead atoms. The molecule has 0 amide bonds. The molecular formula is C9H7N3O3. The summed E-state index contributed by atoms with van der Waals surface area (Å²) >= 11 is 0. The number of nitrogens with zero attached hydrogens (tertiary/aromatic N) is 3. The second kappa shape index (κ2) is 3.16. The number of nitro groups is 1. The van der Waals surface area contributed by atoms with Gasteiger partial charge in [-0.1, -0.05) is 0 Å². The lowest BCUT2D eigenvalue weighted by Crippen LogP contribution is -1.95. The van der Waals surface area contributed by atoms with E-state index >= 15 is 0 Å². The van der Waals surface area contributed by atoms with Gasteiger partial charge in [-0.25, -0.2) is 0 Å². The van der Waals surface area contributed by atoms with Crippen LogP contribution in [-0.4, -0.2) is 20.6 Å². The molecule has 2 aromatic rings. The number of aryl methyl sites for hydroxylation is 1. The second-order valence-corrected chi connectivity index (χ2v) is 3.06. The average molecular weight is 205 g/mol. The van der Waals surface area contributed by atoms with Crippen molar-refractivity contribution < 1.29 is 9.72 Å². The van der Waals surface area contributed by atoms with Crippen LogP contribution < -0.4 is 0 Å². The fourth-order valence-electron chi connectivity index (χ4n) is 1.55. The lowest BCUT2D eigenvalue weighted by molar-refractivity contribution is -0.383. The van der Waals surface area contributed by atoms with Gasteiger partial charge in [0.2, 0.25) is 0 Å². The quantitative estimate of drug-likeness (QED) is 0.421. The first-order valence-electron chi connectivity index (χ1n) is 4.21. The molecule has 6 nitrogen and oxygen atoms in total. The van der Waals surface area contributed by atoms with Gasteiger partial charge in [-0.05, 0) is 6.92 Å². The maximum atomic E-state index is 10.7. The summed E-state index contributed by atoms with van der Waals surface area (Å²) in [6.45, 7) is 1.66. The number of hydrogen-bond donors (Lipinski definition) is 0. The largest absolute Gasteiger partial charge is 0.305 e. The third kappa shape index (κ3) is 1.26. The molecule has 2 heterocycles. The molecule has 0 radical (unpaired) electrons. The Morgan fingerprint density at radius 1 is 1.60 bits per heavy atom. The highest BCUT2D eigenvalue weighted by Crippen LogP contribution is 2.25. The monoisotopic (exact) mass is 205 g/mol. The molecular weight excluding hydrogens is 198 g/mol. The topological polar surface area (TPSA) is 77.5 Å². The average Bonchev–Trinajstić information content (AvgIpc) is 2.58. The van der Waals surface area contributed by atoms with Gasteiger partial charge in [-0.15, -0.1) is 0 Å². The first kappa shape index (κ1) is 9.32. The van der Waals surface area contributed by atoms with Crippen LogP contribution >= 0.6 is 0 Å². The maximum Gasteiger partial charge on any atom is 0.297 e. The number of hydrogen-bond acceptors (Lipinski definition) is 4. The SMILES string of the molecule is Cc1nccn2c(C=O)cc([N+](=O)[O-])c12. The van der Waals surface area contributed by atoms with Crippen molar-refractivity contribution in [3.8, 4) is 0 Å². The summed E-state index contributed by atoms with van der Waals surface area (Å²) in [5.74, 6) is 0. The molecule has 0 saturated heterocycles. The van der Waals surface area contributed by atoms with Gasteiger partial charge in [-0.3, -0.25) is 19.9 Å². The predicted molar refractivity (Wildman–Crippen MR) is 52.0 cm³/mol. The fourth-order valence-corrected chi connectivity index (χ4v) is 1.55. The van der Waals surface area contributed by atoms with Crippen LogP contribution in [0.15, 0.2) is 18.5 Å². The Hall–Kier alpha value is -2.24. The van der Waals surface area contributed by atoms with Crippen LogP contribution in [0.5, 0.6) is 0 Å². The molecule has 0 unspecified atom stereocenters. The molecule has 0 aliphatic rings. The summed E-state index contributed by atoms with van der Waals surface area (Å²) in [4.78, 5) is 24.9. The summed E-state index contributed by atoms with van der Waals surface area (Å²) in [7, 11) is 0. The Balaban J connectivity index is 2.94. The van der Waals surface area contributed by atoms with Gasteiger partial charge < -0.3 is 4.40 Å². The van der Waals surface area contributed by atoms with E-state index in [1.807, 2.05) is 0 Å². The minimum Gasteiger partial charge on any atom is -0.305 e. The normalized spacial score (nSPS) is 10.5. The van der Waals surface area contributed by atoms with E-state index in [2.05, 4.69) is 4.98 Å². The fraction of sp³-hybridized carbons (Fsp3) is 0.111. The van der Waals surface area contributed by atoms with Crippen LogP contribution in [0, 0.1) is 17.0 Å². The maximum absolute atomic E-state index is 10.7. The highest BCUT2D eigenvalue weighted by atomic mass is 16.6. The van der Waals surface area contributed by atoms with Gasteiger partial charge in [0, 0.05) is 18.5 Å². The number of carbonyl (C=O) groups excluding carboxylic acids is 1. The molecule has 2 rings (SSSR count). The van der Waals surface area contributed by atoms with E-state index in [9.17, 15) is 14.9 Å². The van der Waals surface area contributed by atoms with E-state index < -0.39 is 4.92 Å². The Morgan fingerprint density at radius 3 is 2.93 bits per heavy atom. The van der Waals surface area contributed by atoms with Gasteiger partial charge in [0.05, 0.1) is 16.3 Å². The minimum atomic E-state index is -0.517. The van der Waals surface area contributed by atoms with Gasteiger partial charge in [0.1, 0.15) is 5.52 Å². The lowest BCUT2D eigenvalue weighted by atomic mass is 10.3. The summed E-state index contributed by atoms with van der Waals surface area (Å²) < 4.78 is 1.47. The molecule has 0 saturated carbocycles. The standard InChI is InChI=1S/C9H7N3O3/c1-6-9-8(12(14)15)4-7(5-13)11(9)3-2-10-6/h2-5H,1H3. The van der Waals surface area contributed by atoms with Crippen molar-refractivity contribution >= 4 is 17.5 Å². The number of rotatable bonds is 2. The van der Waals surface area contributed by atoms with Crippen LogP contribution in [0.25, 0.3) is 5.52 Å². The van der Waals surface area contributed by atoms with Crippen molar-refractivity contribution in [2.24, 2.45) is 0 Å². The van der Waals surface area contributed by atoms with E-state index in [4.69, 9.17) is 0 Å². The van der Waals surface area contributed by atoms with Gasteiger partial charge in [-0.2, -0.15) is 0 Å². The summed E-state index contributed by atoms with van der Waals surface area (Å²) in [6.07, 6.45) is 3.61. The third-order valence-corrected chi connectivity index (χ3v) is 2.19. The first-order valence-corrected chi connectivity index (χ1v) is 4.21. The van der Waals surface area contributed by atoms with Crippen LogP contribution in [0.1, 0.15) is 16.2 Å². The van der Waals surface area contributed by atoms with Gasteiger partial charge >= 0.3 is 0 Å². The van der Waals surface area contributed by atoms with E-state index in [-0.39, 0.29) is 11.4 Å².